The van der Waals surface area contributed by atoms with Gasteiger partial charge in [0.05, 0.1) is 9.83 Å². The summed E-state index contributed by atoms with van der Waals surface area (Å²) in [6, 6.07) is 14.9. The summed E-state index contributed by atoms with van der Waals surface area (Å²) >= 11 is 5.32. The molecule has 0 aliphatic carbocycles. The smallest absolute Gasteiger partial charge is 0.134 e. The number of hydrogen-bond donors (Lipinski definition) is 1. The van der Waals surface area contributed by atoms with E-state index in [1.807, 2.05) is 18.2 Å². The molecule has 2 nitrogen and oxygen atoms in total. The van der Waals surface area contributed by atoms with Crippen LogP contribution >= 0.6 is 27.3 Å². The summed E-state index contributed by atoms with van der Waals surface area (Å²) in [5.41, 5.74) is 0.961. The van der Waals surface area contributed by atoms with E-state index in [0.29, 0.717) is 0 Å². The lowest BCUT2D eigenvalue weighted by Gasteiger charge is -2.15. The Morgan fingerprint density at radius 2 is 2.10 bits per heavy atom. The Kier molecular flexibility index (Phi) is 4.78. The van der Waals surface area contributed by atoms with Crippen LogP contribution in [0, 0.1) is 0 Å². The number of rotatable bonds is 6. The van der Waals surface area contributed by atoms with E-state index >= 15 is 0 Å². The molecule has 0 aliphatic rings. The molecule has 1 unspecified atom stereocenters. The van der Waals surface area contributed by atoms with Crippen molar-refractivity contribution in [2.75, 3.05) is 6.54 Å². The minimum atomic E-state index is 0.225. The monoisotopic (exact) mass is 363 g/mol. The molecule has 0 saturated carbocycles. The number of furan rings is 1. The van der Waals surface area contributed by atoms with Crippen molar-refractivity contribution in [3.05, 3.63) is 56.9 Å². The molecule has 0 amide bonds. The van der Waals surface area contributed by atoms with Gasteiger partial charge in [-0.3, -0.25) is 0 Å². The third kappa shape index (κ3) is 3.57. The van der Waals surface area contributed by atoms with Crippen molar-refractivity contribution in [1.29, 1.82) is 0 Å². The molecule has 1 aromatic carbocycles. The van der Waals surface area contributed by atoms with E-state index in [4.69, 9.17) is 4.42 Å². The standard InChI is InChI=1S/C17H18BrNOS/c1-2-9-19-14(11-13-7-8-17(18)21-13)16-10-12-5-3-4-6-15(12)20-16/h3-8,10,14,19H,2,9,11H2,1H3. The van der Waals surface area contributed by atoms with Crippen molar-refractivity contribution in [2.24, 2.45) is 0 Å². The van der Waals surface area contributed by atoms with Crippen LogP contribution in [0.25, 0.3) is 11.0 Å². The second-order valence-corrected chi connectivity index (χ2v) is 7.65. The van der Waals surface area contributed by atoms with Crippen molar-refractivity contribution >= 4 is 38.2 Å². The zero-order valence-electron chi connectivity index (χ0n) is 11.9. The Morgan fingerprint density at radius 1 is 1.24 bits per heavy atom. The number of nitrogens with one attached hydrogen (secondary N) is 1. The highest BCUT2D eigenvalue weighted by Gasteiger charge is 2.17. The maximum Gasteiger partial charge on any atom is 0.134 e. The van der Waals surface area contributed by atoms with Gasteiger partial charge in [0.1, 0.15) is 11.3 Å². The summed E-state index contributed by atoms with van der Waals surface area (Å²) in [4.78, 5) is 1.36. The number of hydrogen-bond acceptors (Lipinski definition) is 3. The number of fused-ring (bicyclic) bond motifs is 1. The van der Waals surface area contributed by atoms with Gasteiger partial charge in [-0.15, -0.1) is 11.3 Å². The first kappa shape index (κ1) is 14.8. The number of halogens is 1. The summed E-state index contributed by atoms with van der Waals surface area (Å²) in [5, 5.41) is 4.77. The predicted molar refractivity (Wildman–Crippen MR) is 93.0 cm³/mol. The predicted octanol–water partition coefficient (Wildman–Crippen LogP) is 5.54. The minimum absolute atomic E-state index is 0.225. The molecule has 0 fully saturated rings. The SMILES string of the molecule is CCCNC(Cc1ccc(Br)s1)c1cc2ccccc2o1. The Balaban J connectivity index is 1.86. The van der Waals surface area contributed by atoms with Gasteiger partial charge in [-0.2, -0.15) is 0 Å². The van der Waals surface area contributed by atoms with E-state index in [-0.39, 0.29) is 6.04 Å². The molecule has 1 atom stereocenters. The third-order valence-corrected chi connectivity index (χ3v) is 5.11. The molecule has 21 heavy (non-hydrogen) atoms. The summed E-state index contributed by atoms with van der Waals surface area (Å²) in [6.07, 6.45) is 2.07. The van der Waals surface area contributed by atoms with Gasteiger partial charge >= 0.3 is 0 Å². The van der Waals surface area contributed by atoms with E-state index in [1.54, 1.807) is 11.3 Å². The van der Waals surface area contributed by atoms with E-state index in [0.717, 1.165) is 30.7 Å². The largest absolute Gasteiger partial charge is 0.459 e. The summed E-state index contributed by atoms with van der Waals surface area (Å²) in [6.45, 7) is 3.18. The van der Waals surface area contributed by atoms with Crippen LogP contribution in [0.3, 0.4) is 0 Å². The first-order chi connectivity index (χ1) is 10.3. The molecule has 0 saturated heterocycles. The summed E-state index contributed by atoms with van der Waals surface area (Å²) < 4.78 is 7.21. The Bertz CT molecular complexity index is 685. The lowest BCUT2D eigenvalue weighted by molar-refractivity contribution is 0.429. The fraction of sp³-hybridized carbons (Fsp3) is 0.294. The lowest BCUT2D eigenvalue weighted by Crippen LogP contribution is -2.23. The average molecular weight is 364 g/mol. The molecule has 0 bridgehead atoms. The highest BCUT2D eigenvalue weighted by Crippen LogP contribution is 2.29. The molecule has 0 radical (unpaired) electrons. The van der Waals surface area contributed by atoms with Gasteiger partial charge < -0.3 is 9.73 Å². The van der Waals surface area contributed by atoms with Gasteiger partial charge in [0, 0.05) is 16.7 Å². The molecule has 2 aromatic heterocycles. The maximum absolute atomic E-state index is 6.04. The van der Waals surface area contributed by atoms with Gasteiger partial charge in [-0.25, -0.2) is 0 Å². The van der Waals surface area contributed by atoms with E-state index in [2.05, 4.69) is 52.4 Å². The quantitative estimate of drug-likeness (QED) is 0.621. The van der Waals surface area contributed by atoms with E-state index in [1.165, 1.54) is 14.0 Å². The average Bonchev–Trinajstić information content (AvgIpc) is 3.09. The Labute approximate surface area is 137 Å². The highest BCUT2D eigenvalue weighted by molar-refractivity contribution is 9.11. The van der Waals surface area contributed by atoms with Crippen LogP contribution in [0.15, 0.2) is 50.7 Å². The van der Waals surface area contributed by atoms with Gasteiger partial charge in [-0.05, 0) is 53.2 Å². The molecule has 2 heterocycles. The van der Waals surface area contributed by atoms with Crippen LogP contribution in [0.5, 0.6) is 0 Å². The molecule has 110 valence electrons. The molecular weight excluding hydrogens is 346 g/mol. The second-order valence-electron chi connectivity index (χ2n) is 5.10. The number of thiophene rings is 1. The molecule has 3 rings (SSSR count). The van der Waals surface area contributed by atoms with Crippen LogP contribution in [0.2, 0.25) is 0 Å². The first-order valence-electron chi connectivity index (χ1n) is 7.22. The molecular formula is C17H18BrNOS. The minimum Gasteiger partial charge on any atom is -0.459 e. The van der Waals surface area contributed by atoms with Crippen LogP contribution in [-0.4, -0.2) is 6.54 Å². The molecule has 0 aliphatic heterocycles. The van der Waals surface area contributed by atoms with Crippen molar-refractivity contribution < 1.29 is 4.42 Å². The lowest BCUT2D eigenvalue weighted by atomic mass is 10.1. The molecule has 0 spiro atoms. The number of para-hydroxylation sites is 1. The fourth-order valence-electron chi connectivity index (χ4n) is 2.43. The topological polar surface area (TPSA) is 25.2 Å². The summed E-state index contributed by atoms with van der Waals surface area (Å²) in [5.74, 6) is 1.02. The van der Waals surface area contributed by atoms with Gasteiger partial charge in [0.25, 0.3) is 0 Å². The normalized spacial score (nSPS) is 12.9. The zero-order chi connectivity index (χ0) is 14.7. The first-order valence-corrected chi connectivity index (χ1v) is 8.83. The Hall–Kier alpha value is -1.10. The van der Waals surface area contributed by atoms with Crippen LogP contribution in [0.4, 0.5) is 0 Å². The molecule has 1 N–H and O–H groups in total. The van der Waals surface area contributed by atoms with Crippen molar-refractivity contribution in [2.45, 2.75) is 25.8 Å². The molecule has 4 heteroatoms. The fourth-order valence-corrected chi connectivity index (χ4v) is 3.96. The third-order valence-electron chi connectivity index (χ3n) is 3.46. The van der Waals surface area contributed by atoms with Gasteiger partial charge in [0.2, 0.25) is 0 Å². The zero-order valence-corrected chi connectivity index (χ0v) is 14.3. The maximum atomic E-state index is 6.04. The van der Waals surface area contributed by atoms with E-state index in [9.17, 15) is 0 Å². The second kappa shape index (κ2) is 6.77. The van der Waals surface area contributed by atoms with Crippen molar-refractivity contribution in [1.82, 2.24) is 5.32 Å². The molecule has 3 aromatic rings. The van der Waals surface area contributed by atoms with Crippen LogP contribution in [-0.2, 0) is 6.42 Å². The van der Waals surface area contributed by atoms with Gasteiger partial charge in [0.15, 0.2) is 0 Å². The van der Waals surface area contributed by atoms with E-state index < -0.39 is 0 Å². The van der Waals surface area contributed by atoms with Crippen LogP contribution < -0.4 is 5.32 Å². The summed E-state index contributed by atoms with van der Waals surface area (Å²) in [7, 11) is 0. The van der Waals surface area contributed by atoms with Crippen molar-refractivity contribution in [3.8, 4) is 0 Å². The Morgan fingerprint density at radius 3 is 2.81 bits per heavy atom. The number of benzene rings is 1. The van der Waals surface area contributed by atoms with Crippen LogP contribution in [0.1, 0.15) is 30.0 Å². The van der Waals surface area contributed by atoms with Crippen molar-refractivity contribution in [3.63, 3.8) is 0 Å². The highest BCUT2D eigenvalue weighted by atomic mass is 79.9. The van der Waals surface area contributed by atoms with Gasteiger partial charge in [-0.1, -0.05) is 25.1 Å².